The van der Waals surface area contributed by atoms with Crippen LogP contribution >= 0.6 is 0 Å². The van der Waals surface area contributed by atoms with Gasteiger partial charge in [-0.15, -0.1) is 0 Å². The second-order valence-electron chi connectivity index (χ2n) is 5.41. The molecule has 0 unspecified atom stereocenters. The summed E-state index contributed by atoms with van der Waals surface area (Å²) >= 11 is 0. The molecule has 24 heavy (non-hydrogen) atoms. The minimum atomic E-state index is -0.421. The zero-order chi connectivity index (χ0) is 17.3. The number of anilines is 1. The molecule has 1 N–H and O–H groups in total. The van der Waals surface area contributed by atoms with Gasteiger partial charge in [-0.25, -0.2) is 9.37 Å². The number of carbonyl (C=O) groups is 1. The van der Waals surface area contributed by atoms with Gasteiger partial charge < -0.3 is 9.88 Å². The van der Waals surface area contributed by atoms with Crippen LogP contribution in [0.25, 0.3) is 11.0 Å². The third-order valence-electron chi connectivity index (χ3n) is 3.77. The number of nitrogens with one attached hydrogen (secondary N) is 1. The van der Waals surface area contributed by atoms with Crippen LogP contribution in [0.4, 0.5) is 10.1 Å². The largest absolute Gasteiger partial charge is 0.322 e. The predicted octanol–water partition coefficient (Wildman–Crippen LogP) is 3.12. The zero-order valence-electron chi connectivity index (χ0n) is 13.3. The van der Waals surface area contributed by atoms with Gasteiger partial charge in [0.05, 0.1) is 11.0 Å². The van der Waals surface area contributed by atoms with Crippen LogP contribution in [0.1, 0.15) is 23.0 Å². The molecule has 0 saturated carbocycles. The molecule has 0 fully saturated rings. The molecule has 6 heteroatoms. The van der Waals surface area contributed by atoms with Crippen molar-refractivity contribution >= 4 is 22.6 Å². The normalized spacial score (nSPS) is 10.8. The first-order valence-corrected chi connectivity index (χ1v) is 7.57. The minimum absolute atomic E-state index is 0.137. The molecule has 1 aromatic heterocycles. The van der Waals surface area contributed by atoms with Crippen LogP contribution in [0.3, 0.4) is 0 Å². The number of hydrogen-bond donors (Lipinski definition) is 1. The first kappa shape index (κ1) is 15.9. The number of carbonyl (C=O) groups excluding carboxylic acids is 1. The molecule has 0 radical (unpaired) electrons. The molecular weight excluding hydrogens is 309 g/mol. The van der Waals surface area contributed by atoms with Gasteiger partial charge in [-0.3, -0.25) is 9.59 Å². The molecule has 0 spiro atoms. The van der Waals surface area contributed by atoms with Crippen molar-refractivity contribution in [1.29, 1.82) is 0 Å². The van der Waals surface area contributed by atoms with E-state index in [1.807, 2.05) is 6.92 Å². The minimum Gasteiger partial charge on any atom is -0.322 e. The van der Waals surface area contributed by atoms with E-state index in [-0.39, 0.29) is 11.5 Å². The van der Waals surface area contributed by atoms with E-state index in [9.17, 15) is 14.0 Å². The molecule has 5 nitrogen and oxygen atoms in total. The van der Waals surface area contributed by atoms with Gasteiger partial charge in [-0.1, -0.05) is 6.07 Å². The molecule has 0 aliphatic heterocycles. The van der Waals surface area contributed by atoms with Gasteiger partial charge in [0.1, 0.15) is 11.5 Å². The van der Waals surface area contributed by atoms with Crippen LogP contribution in [0.5, 0.6) is 0 Å². The van der Waals surface area contributed by atoms with Crippen LogP contribution in [-0.4, -0.2) is 15.5 Å². The van der Waals surface area contributed by atoms with E-state index in [2.05, 4.69) is 10.3 Å². The van der Waals surface area contributed by atoms with E-state index in [0.29, 0.717) is 34.5 Å². The standard InChI is InChI=1S/C18H16FN3O2/c1-3-22-16-8-7-12(9-15(16)20-11(2)18(22)24)17(23)21-14-6-4-5-13(19)10-14/h4-10H,3H2,1-2H3,(H,21,23). The van der Waals surface area contributed by atoms with Crippen molar-refractivity contribution < 1.29 is 9.18 Å². The second kappa shape index (κ2) is 6.23. The average molecular weight is 325 g/mol. The fraction of sp³-hybridized carbons (Fsp3) is 0.167. The lowest BCUT2D eigenvalue weighted by molar-refractivity contribution is 0.102. The summed E-state index contributed by atoms with van der Waals surface area (Å²) in [7, 11) is 0. The highest BCUT2D eigenvalue weighted by Crippen LogP contribution is 2.16. The second-order valence-corrected chi connectivity index (χ2v) is 5.41. The smallest absolute Gasteiger partial charge is 0.272 e. The van der Waals surface area contributed by atoms with Gasteiger partial charge in [0.15, 0.2) is 0 Å². The quantitative estimate of drug-likeness (QED) is 0.805. The van der Waals surface area contributed by atoms with Crippen molar-refractivity contribution in [2.75, 3.05) is 5.32 Å². The lowest BCUT2D eigenvalue weighted by Gasteiger charge is -2.10. The molecule has 3 aromatic rings. The number of benzene rings is 2. The maximum atomic E-state index is 13.2. The fourth-order valence-electron chi connectivity index (χ4n) is 2.60. The maximum absolute atomic E-state index is 13.2. The Balaban J connectivity index is 2.00. The summed E-state index contributed by atoms with van der Waals surface area (Å²) in [6.45, 7) is 4.05. The molecule has 0 atom stereocenters. The Bertz CT molecular complexity index is 995. The third kappa shape index (κ3) is 2.90. The van der Waals surface area contributed by atoms with Gasteiger partial charge in [-0.2, -0.15) is 0 Å². The summed E-state index contributed by atoms with van der Waals surface area (Å²) in [4.78, 5) is 28.7. The van der Waals surface area contributed by atoms with Gasteiger partial charge in [0, 0.05) is 17.8 Å². The van der Waals surface area contributed by atoms with Crippen LogP contribution in [0.15, 0.2) is 47.3 Å². The van der Waals surface area contributed by atoms with Gasteiger partial charge >= 0.3 is 0 Å². The van der Waals surface area contributed by atoms with Crippen LogP contribution < -0.4 is 10.9 Å². The number of amides is 1. The van der Waals surface area contributed by atoms with E-state index >= 15 is 0 Å². The number of nitrogens with zero attached hydrogens (tertiary/aromatic N) is 2. The predicted molar refractivity (Wildman–Crippen MR) is 90.8 cm³/mol. The Morgan fingerprint density at radius 2 is 2.04 bits per heavy atom. The van der Waals surface area contributed by atoms with E-state index in [1.165, 1.54) is 18.2 Å². The van der Waals surface area contributed by atoms with Gasteiger partial charge in [0.25, 0.3) is 11.5 Å². The highest BCUT2D eigenvalue weighted by atomic mass is 19.1. The zero-order valence-corrected chi connectivity index (χ0v) is 13.3. The molecule has 0 saturated heterocycles. The van der Waals surface area contributed by atoms with Crippen molar-refractivity contribution in [3.63, 3.8) is 0 Å². The van der Waals surface area contributed by atoms with E-state index in [1.54, 1.807) is 35.8 Å². The molecule has 0 aliphatic carbocycles. The summed E-state index contributed by atoms with van der Waals surface area (Å²) in [5.74, 6) is -0.785. The van der Waals surface area contributed by atoms with Crippen LogP contribution in [-0.2, 0) is 6.54 Å². The van der Waals surface area contributed by atoms with Crippen molar-refractivity contribution in [2.45, 2.75) is 20.4 Å². The molecule has 1 amide bonds. The lowest BCUT2D eigenvalue weighted by Crippen LogP contribution is -2.23. The van der Waals surface area contributed by atoms with Gasteiger partial charge in [-0.05, 0) is 50.2 Å². The highest BCUT2D eigenvalue weighted by Gasteiger charge is 2.11. The number of aromatic nitrogens is 2. The van der Waals surface area contributed by atoms with Crippen molar-refractivity contribution in [3.8, 4) is 0 Å². The Labute approximate surface area is 137 Å². The van der Waals surface area contributed by atoms with E-state index < -0.39 is 5.82 Å². The van der Waals surface area contributed by atoms with Crippen molar-refractivity contribution in [1.82, 2.24) is 9.55 Å². The van der Waals surface area contributed by atoms with E-state index in [0.717, 1.165) is 0 Å². The Kier molecular flexibility index (Phi) is 4.12. The third-order valence-corrected chi connectivity index (χ3v) is 3.77. The SMILES string of the molecule is CCn1c(=O)c(C)nc2cc(C(=O)Nc3cccc(F)c3)ccc21. The molecular formula is C18H16FN3O2. The highest BCUT2D eigenvalue weighted by molar-refractivity contribution is 6.05. The maximum Gasteiger partial charge on any atom is 0.272 e. The number of halogens is 1. The average Bonchev–Trinajstić information content (AvgIpc) is 2.55. The molecule has 0 bridgehead atoms. The molecule has 0 aliphatic rings. The monoisotopic (exact) mass is 325 g/mol. The molecule has 2 aromatic carbocycles. The lowest BCUT2D eigenvalue weighted by atomic mass is 10.1. The molecule has 122 valence electrons. The topological polar surface area (TPSA) is 64.0 Å². The first-order chi connectivity index (χ1) is 11.5. The summed E-state index contributed by atoms with van der Waals surface area (Å²) in [6, 6.07) is 10.6. The van der Waals surface area contributed by atoms with E-state index in [4.69, 9.17) is 0 Å². The summed E-state index contributed by atoms with van der Waals surface area (Å²) < 4.78 is 14.8. The Hall–Kier alpha value is -3.02. The Morgan fingerprint density at radius 3 is 2.75 bits per heavy atom. The number of aryl methyl sites for hydroxylation is 2. The number of hydrogen-bond acceptors (Lipinski definition) is 3. The summed E-state index contributed by atoms with van der Waals surface area (Å²) in [5.41, 5.74) is 2.26. The fourth-order valence-corrected chi connectivity index (χ4v) is 2.60. The van der Waals surface area contributed by atoms with Gasteiger partial charge in [0.2, 0.25) is 0 Å². The first-order valence-electron chi connectivity index (χ1n) is 7.57. The number of rotatable bonds is 3. The summed E-state index contributed by atoms with van der Waals surface area (Å²) in [5, 5.41) is 2.64. The summed E-state index contributed by atoms with van der Waals surface area (Å²) in [6.07, 6.45) is 0. The van der Waals surface area contributed by atoms with Crippen LogP contribution in [0.2, 0.25) is 0 Å². The van der Waals surface area contributed by atoms with Crippen molar-refractivity contribution in [2.24, 2.45) is 0 Å². The Morgan fingerprint density at radius 1 is 1.25 bits per heavy atom. The molecule has 1 heterocycles. The number of fused-ring (bicyclic) bond motifs is 1. The van der Waals surface area contributed by atoms with Crippen LogP contribution in [0, 0.1) is 12.7 Å². The van der Waals surface area contributed by atoms with Crippen molar-refractivity contribution in [3.05, 3.63) is 69.9 Å². The molecule has 3 rings (SSSR count).